The molecule has 1 atom stereocenters. The highest BCUT2D eigenvalue weighted by Gasteiger charge is 2.19. The molecular weight excluding hydrogens is 925 g/mol. The summed E-state index contributed by atoms with van der Waals surface area (Å²) >= 11 is 0. The standard InChI is InChI=1S/C69H118O6/c1-4-7-10-13-16-19-22-25-28-31-32-33-34-35-36-39-41-44-47-50-53-56-59-62-68(71)74-65-66(75-69(72)63-60-57-54-51-48-45-42-38-30-27-24-21-18-15-12-9-6-3)64-73-67(70)61-58-55-52-49-46-43-40-37-29-26-23-20-17-14-11-8-5-2/h7,10,16,19,25,27-28,30,32-33,35-36,41,44,50,53,66H,4-6,8-9,11-15,17-18,20-24,26,29,31,34,37-40,42-43,45-49,51-52,54-65H2,1-3H3/b10-7-,19-16-,28-25-,30-27-,33-32-,36-35-,44-41-,53-50-. The predicted molar refractivity (Wildman–Crippen MR) is 325 cm³/mol. The molecule has 6 nitrogen and oxygen atoms in total. The Balaban J connectivity index is 4.47. The first kappa shape index (κ1) is 71.3. The normalized spacial score (nSPS) is 12.7. The molecule has 6 heteroatoms. The summed E-state index contributed by atoms with van der Waals surface area (Å²) in [6.45, 7) is 6.50. The van der Waals surface area contributed by atoms with Gasteiger partial charge in [-0.05, 0) is 96.3 Å². The number of carbonyl (C=O) groups is 3. The summed E-state index contributed by atoms with van der Waals surface area (Å²) in [5.74, 6) is -0.950. The molecule has 0 aromatic carbocycles. The van der Waals surface area contributed by atoms with E-state index < -0.39 is 6.10 Å². The van der Waals surface area contributed by atoms with E-state index in [9.17, 15) is 14.4 Å². The first-order chi connectivity index (χ1) is 37.0. The van der Waals surface area contributed by atoms with E-state index in [1.165, 1.54) is 167 Å². The van der Waals surface area contributed by atoms with E-state index >= 15 is 0 Å². The fourth-order valence-corrected chi connectivity index (χ4v) is 8.84. The fraction of sp³-hybridized carbons (Fsp3) is 0.725. The minimum atomic E-state index is -0.804. The lowest BCUT2D eigenvalue weighted by Gasteiger charge is -2.18. The van der Waals surface area contributed by atoms with Gasteiger partial charge >= 0.3 is 17.9 Å². The van der Waals surface area contributed by atoms with Crippen LogP contribution in [-0.2, 0) is 28.6 Å². The smallest absolute Gasteiger partial charge is 0.306 e. The van der Waals surface area contributed by atoms with Crippen LogP contribution in [0.4, 0.5) is 0 Å². The van der Waals surface area contributed by atoms with Crippen molar-refractivity contribution in [2.75, 3.05) is 13.2 Å². The zero-order chi connectivity index (χ0) is 54.3. The summed E-state index contributed by atoms with van der Waals surface area (Å²) in [6, 6.07) is 0. The topological polar surface area (TPSA) is 78.9 Å². The van der Waals surface area contributed by atoms with Crippen LogP contribution in [-0.4, -0.2) is 37.2 Å². The number of esters is 3. The highest BCUT2D eigenvalue weighted by Crippen LogP contribution is 2.16. The van der Waals surface area contributed by atoms with E-state index in [0.717, 1.165) is 89.9 Å². The molecule has 0 bridgehead atoms. The molecule has 430 valence electrons. The van der Waals surface area contributed by atoms with Gasteiger partial charge in [-0.3, -0.25) is 14.4 Å². The van der Waals surface area contributed by atoms with Crippen molar-refractivity contribution in [2.24, 2.45) is 0 Å². The monoisotopic (exact) mass is 1040 g/mol. The maximum absolute atomic E-state index is 12.9. The molecule has 0 rings (SSSR count). The van der Waals surface area contributed by atoms with Gasteiger partial charge in [0.1, 0.15) is 13.2 Å². The molecule has 0 aliphatic carbocycles. The van der Waals surface area contributed by atoms with E-state index in [1.807, 2.05) is 0 Å². The van der Waals surface area contributed by atoms with Crippen LogP contribution < -0.4 is 0 Å². The lowest BCUT2D eigenvalue weighted by molar-refractivity contribution is -0.167. The molecule has 0 aromatic heterocycles. The van der Waals surface area contributed by atoms with Crippen LogP contribution in [0.3, 0.4) is 0 Å². The van der Waals surface area contributed by atoms with Crippen molar-refractivity contribution in [1.29, 1.82) is 0 Å². The Morgan fingerprint density at radius 3 is 0.880 bits per heavy atom. The number of ether oxygens (including phenoxy) is 3. The molecule has 0 fully saturated rings. The van der Waals surface area contributed by atoms with Crippen LogP contribution >= 0.6 is 0 Å². The molecule has 0 amide bonds. The van der Waals surface area contributed by atoms with E-state index in [-0.39, 0.29) is 37.5 Å². The van der Waals surface area contributed by atoms with Gasteiger partial charge in [-0.15, -0.1) is 0 Å². The Morgan fingerprint density at radius 1 is 0.280 bits per heavy atom. The first-order valence-corrected chi connectivity index (χ1v) is 31.7. The number of rotatable bonds is 57. The van der Waals surface area contributed by atoms with Gasteiger partial charge in [-0.1, -0.05) is 285 Å². The number of allylic oxidation sites excluding steroid dienone is 16. The van der Waals surface area contributed by atoms with Gasteiger partial charge in [0.15, 0.2) is 6.10 Å². The van der Waals surface area contributed by atoms with E-state index in [2.05, 4.69) is 118 Å². The van der Waals surface area contributed by atoms with Gasteiger partial charge in [-0.25, -0.2) is 0 Å². The van der Waals surface area contributed by atoms with Gasteiger partial charge in [0.2, 0.25) is 0 Å². The largest absolute Gasteiger partial charge is 0.462 e. The van der Waals surface area contributed by atoms with Gasteiger partial charge in [-0.2, -0.15) is 0 Å². The summed E-state index contributed by atoms with van der Waals surface area (Å²) in [6.07, 6.45) is 84.1. The second kappa shape index (κ2) is 62.9. The highest BCUT2D eigenvalue weighted by atomic mass is 16.6. The zero-order valence-corrected chi connectivity index (χ0v) is 49.3. The molecule has 0 aromatic rings. The van der Waals surface area contributed by atoms with Crippen LogP contribution in [0.5, 0.6) is 0 Å². The lowest BCUT2D eigenvalue weighted by atomic mass is 10.0. The minimum absolute atomic E-state index is 0.0949. The summed E-state index contributed by atoms with van der Waals surface area (Å²) in [5, 5.41) is 0. The molecule has 0 N–H and O–H groups in total. The third kappa shape index (κ3) is 61.1. The quantitative estimate of drug-likeness (QED) is 0.0261. The van der Waals surface area contributed by atoms with Crippen molar-refractivity contribution in [3.63, 3.8) is 0 Å². The zero-order valence-electron chi connectivity index (χ0n) is 49.3. The average Bonchev–Trinajstić information content (AvgIpc) is 3.41. The lowest BCUT2D eigenvalue weighted by Crippen LogP contribution is -2.30. The Hall–Kier alpha value is -3.67. The first-order valence-electron chi connectivity index (χ1n) is 31.7. The van der Waals surface area contributed by atoms with E-state index in [4.69, 9.17) is 14.2 Å². The van der Waals surface area contributed by atoms with Crippen molar-refractivity contribution in [2.45, 2.75) is 309 Å². The number of hydrogen-bond donors (Lipinski definition) is 0. The minimum Gasteiger partial charge on any atom is -0.462 e. The van der Waals surface area contributed by atoms with E-state index in [0.29, 0.717) is 19.3 Å². The molecule has 0 spiro atoms. The van der Waals surface area contributed by atoms with Crippen LogP contribution in [0.1, 0.15) is 303 Å². The summed E-state index contributed by atoms with van der Waals surface area (Å²) in [7, 11) is 0. The second-order valence-electron chi connectivity index (χ2n) is 20.9. The molecule has 75 heavy (non-hydrogen) atoms. The van der Waals surface area contributed by atoms with Gasteiger partial charge < -0.3 is 14.2 Å². The van der Waals surface area contributed by atoms with Gasteiger partial charge in [0.25, 0.3) is 0 Å². The highest BCUT2D eigenvalue weighted by molar-refractivity contribution is 5.71. The van der Waals surface area contributed by atoms with Gasteiger partial charge in [0, 0.05) is 19.3 Å². The Kier molecular flexibility index (Phi) is 59.8. The molecule has 0 saturated heterocycles. The Bertz CT molecular complexity index is 1480. The van der Waals surface area contributed by atoms with Crippen LogP contribution in [0.15, 0.2) is 97.2 Å². The summed E-state index contributed by atoms with van der Waals surface area (Å²) < 4.78 is 16.9. The predicted octanol–water partition coefficient (Wildman–Crippen LogP) is 21.7. The van der Waals surface area contributed by atoms with E-state index in [1.54, 1.807) is 0 Å². The van der Waals surface area contributed by atoms with Crippen LogP contribution in [0.25, 0.3) is 0 Å². The van der Waals surface area contributed by atoms with Crippen molar-refractivity contribution in [3.05, 3.63) is 97.2 Å². The Morgan fingerprint density at radius 2 is 0.533 bits per heavy atom. The van der Waals surface area contributed by atoms with Gasteiger partial charge in [0.05, 0.1) is 0 Å². The number of carbonyl (C=O) groups excluding carboxylic acids is 3. The van der Waals surface area contributed by atoms with Crippen molar-refractivity contribution in [1.82, 2.24) is 0 Å². The SMILES string of the molecule is CC/C=C\C/C=C\C/C=C\C/C=C\C/C=C\C/C=C\C/C=C\CCCC(=O)OCC(COC(=O)CCCCCCCCCCCCCCCCCCC)OC(=O)CCCCCCCCC/C=C\CCCCCCCC. The second-order valence-corrected chi connectivity index (χ2v) is 20.9. The number of unbranched alkanes of at least 4 members (excludes halogenated alkanes) is 30. The molecular formula is C69H118O6. The average molecular weight is 1040 g/mol. The third-order valence-electron chi connectivity index (χ3n) is 13.6. The van der Waals surface area contributed by atoms with Crippen molar-refractivity contribution in [3.8, 4) is 0 Å². The number of hydrogen-bond acceptors (Lipinski definition) is 6. The molecule has 0 radical (unpaired) electrons. The molecule has 0 saturated carbocycles. The third-order valence-corrected chi connectivity index (χ3v) is 13.6. The maximum atomic E-state index is 12.9. The summed E-state index contributed by atoms with van der Waals surface area (Å²) in [4.78, 5) is 38.3. The molecule has 1 unspecified atom stereocenters. The fourth-order valence-electron chi connectivity index (χ4n) is 8.84. The molecule has 0 aliphatic rings. The van der Waals surface area contributed by atoms with Crippen LogP contribution in [0, 0.1) is 0 Å². The van der Waals surface area contributed by atoms with Crippen molar-refractivity contribution >= 4 is 17.9 Å². The maximum Gasteiger partial charge on any atom is 0.306 e. The molecule has 0 aliphatic heterocycles. The Labute approximate surface area is 464 Å². The molecule has 0 heterocycles. The van der Waals surface area contributed by atoms with Crippen molar-refractivity contribution < 1.29 is 28.6 Å². The summed E-state index contributed by atoms with van der Waals surface area (Å²) in [5.41, 5.74) is 0. The van der Waals surface area contributed by atoms with Crippen LogP contribution in [0.2, 0.25) is 0 Å².